The highest BCUT2D eigenvalue weighted by molar-refractivity contribution is 6.59. The van der Waals surface area contributed by atoms with Crippen LogP contribution in [0.1, 0.15) is 33.6 Å². The molecule has 142 valence electrons. The Morgan fingerprint density at radius 3 is 1.71 bits per heavy atom. The molecule has 0 saturated heterocycles. The van der Waals surface area contributed by atoms with Crippen LogP contribution in [0.4, 0.5) is 0 Å². The van der Waals surface area contributed by atoms with Crippen molar-refractivity contribution in [2.24, 2.45) is 0 Å². The van der Waals surface area contributed by atoms with E-state index in [9.17, 15) is 10.0 Å². The maximum absolute atomic E-state index is 9.73. The van der Waals surface area contributed by atoms with E-state index in [-0.39, 0.29) is 0 Å². The first-order chi connectivity index (χ1) is 13.4. The van der Waals surface area contributed by atoms with Crippen molar-refractivity contribution in [3.05, 3.63) is 96.4 Å². The minimum Gasteiger partial charge on any atom is -0.423 e. The van der Waals surface area contributed by atoms with Gasteiger partial charge in [0.25, 0.3) is 0 Å². The Bertz CT molecular complexity index is 949. The molecule has 0 spiro atoms. The Hall–Kier alpha value is -3.08. The summed E-state index contributed by atoms with van der Waals surface area (Å²) in [7, 11) is -1.59. The number of benzene rings is 1. The molecule has 2 N–H and O–H groups in total. The number of allylic oxidation sites excluding steroid dienone is 4. The fourth-order valence-corrected chi connectivity index (χ4v) is 3.33. The van der Waals surface area contributed by atoms with Gasteiger partial charge < -0.3 is 14.6 Å². The maximum atomic E-state index is 9.73. The second kappa shape index (κ2) is 9.22. The normalized spacial score (nSPS) is 11.1. The Kier molecular flexibility index (Phi) is 6.99. The highest BCUT2D eigenvalue weighted by atomic mass is 16.4. The second-order valence-corrected chi connectivity index (χ2v) is 6.33. The molecule has 1 aromatic heterocycles. The molecule has 0 amide bonds. The molecule has 0 aliphatic heterocycles. The Morgan fingerprint density at radius 2 is 1.32 bits per heavy atom. The average Bonchev–Trinajstić information content (AvgIpc) is 2.93. The van der Waals surface area contributed by atoms with Crippen LogP contribution < -0.4 is 5.46 Å². The minimum absolute atomic E-state index is 0.389. The van der Waals surface area contributed by atoms with Gasteiger partial charge in [0.2, 0.25) is 0 Å². The van der Waals surface area contributed by atoms with Gasteiger partial charge in [-0.3, -0.25) is 0 Å². The lowest BCUT2D eigenvalue weighted by Crippen LogP contribution is -2.33. The summed E-state index contributed by atoms with van der Waals surface area (Å²) in [6.07, 6.45) is 14.6. The summed E-state index contributed by atoms with van der Waals surface area (Å²) in [4.78, 5) is 0. The second-order valence-electron chi connectivity index (χ2n) is 6.33. The summed E-state index contributed by atoms with van der Waals surface area (Å²) in [5.74, 6) is 0. The molecule has 0 aliphatic rings. The van der Waals surface area contributed by atoms with Gasteiger partial charge in [-0.05, 0) is 54.2 Å². The van der Waals surface area contributed by atoms with Crippen molar-refractivity contribution in [3.8, 4) is 5.69 Å². The topological polar surface area (TPSA) is 45.4 Å². The van der Waals surface area contributed by atoms with Crippen molar-refractivity contribution < 1.29 is 10.0 Å². The van der Waals surface area contributed by atoms with Gasteiger partial charge in [0.15, 0.2) is 0 Å². The van der Waals surface area contributed by atoms with Gasteiger partial charge in [-0.25, -0.2) is 0 Å². The maximum Gasteiger partial charge on any atom is 0.489 e. The molecule has 1 aromatic carbocycles. The minimum atomic E-state index is -1.59. The van der Waals surface area contributed by atoms with E-state index < -0.39 is 7.12 Å². The molecule has 0 unspecified atom stereocenters. The number of hydrogen-bond acceptors (Lipinski definition) is 2. The van der Waals surface area contributed by atoms with E-state index in [2.05, 4.69) is 44.7 Å². The van der Waals surface area contributed by atoms with Crippen LogP contribution in [0.25, 0.3) is 30.0 Å². The van der Waals surface area contributed by atoms with Gasteiger partial charge >= 0.3 is 7.12 Å². The zero-order valence-electron chi connectivity index (χ0n) is 16.5. The molecule has 0 radical (unpaired) electrons. The van der Waals surface area contributed by atoms with Gasteiger partial charge in [-0.15, -0.1) is 0 Å². The van der Waals surface area contributed by atoms with Crippen LogP contribution >= 0.6 is 0 Å². The quantitative estimate of drug-likeness (QED) is 0.532. The van der Waals surface area contributed by atoms with Crippen LogP contribution in [-0.4, -0.2) is 21.7 Å². The van der Waals surface area contributed by atoms with Gasteiger partial charge in [-0.1, -0.05) is 68.8 Å². The average molecular weight is 371 g/mol. The van der Waals surface area contributed by atoms with E-state index >= 15 is 0 Å². The summed E-state index contributed by atoms with van der Waals surface area (Å²) in [6, 6.07) is 3.57. The number of hydrogen-bond donors (Lipinski definition) is 2. The monoisotopic (exact) mass is 371 g/mol. The molecule has 0 fully saturated rings. The third-order valence-corrected chi connectivity index (χ3v) is 4.82. The van der Waals surface area contributed by atoms with E-state index in [1.807, 2.05) is 30.4 Å². The fraction of sp³-hybridized carbons (Fsp3) is 0.0833. The zero-order valence-corrected chi connectivity index (χ0v) is 16.5. The van der Waals surface area contributed by atoms with Crippen LogP contribution in [0.3, 0.4) is 0 Å². The molecule has 28 heavy (non-hydrogen) atoms. The standard InChI is InChI=1S/C24H26BNO2/c1-7-11-13-22-17(5)18(6)23(14-12-8-2)26(22)24-16-15-21(25(27)28)19(9-3)20(24)10-4/h7-16,27-28H,1-4H2,5-6H3/b13-11-,14-12-. The molecule has 2 aromatic rings. The molecular weight excluding hydrogens is 345 g/mol. The number of aromatic nitrogens is 1. The summed E-state index contributed by atoms with van der Waals surface area (Å²) in [6.45, 7) is 19.5. The summed E-state index contributed by atoms with van der Waals surface area (Å²) in [5.41, 5.74) is 6.99. The van der Waals surface area contributed by atoms with Gasteiger partial charge in [0.1, 0.15) is 0 Å². The van der Waals surface area contributed by atoms with Crippen LogP contribution in [0.5, 0.6) is 0 Å². The number of rotatable bonds is 8. The largest absolute Gasteiger partial charge is 0.489 e. The first kappa shape index (κ1) is 21.2. The van der Waals surface area contributed by atoms with E-state index in [1.165, 1.54) is 0 Å². The van der Waals surface area contributed by atoms with Crippen molar-refractivity contribution in [3.63, 3.8) is 0 Å². The predicted octanol–water partition coefficient (Wildman–Crippen LogP) is 4.46. The molecule has 0 saturated carbocycles. The molecular formula is C24H26BNO2. The molecule has 2 rings (SSSR count). The molecule has 0 atom stereocenters. The third kappa shape index (κ3) is 3.79. The Morgan fingerprint density at radius 1 is 0.821 bits per heavy atom. The Balaban J connectivity index is 2.99. The first-order valence-corrected chi connectivity index (χ1v) is 9.01. The van der Waals surface area contributed by atoms with Crippen molar-refractivity contribution in [1.82, 2.24) is 4.57 Å². The van der Waals surface area contributed by atoms with E-state index in [4.69, 9.17) is 0 Å². The van der Waals surface area contributed by atoms with Crippen molar-refractivity contribution in [1.29, 1.82) is 0 Å². The lowest BCUT2D eigenvalue weighted by atomic mass is 9.75. The van der Waals surface area contributed by atoms with E-state index in [1.54, 1.807) is 30.4 Å². The molecule has 0 aliphatic carbocycles. The lowest BCUT2D eigenvalue weighted by Gasteiger charge is -2.18. The van der Waals surface area contributed by atoms with Crippen molar-refractivity contribution in [2.75, 3.05) is 0 Å². The van der Waals surface area contributed by atoms with Crippen molar-refractivity contribution in [2.45, 2.75) is 13.8 Å². The lowest BCUT2D eigenvalue weighted by molar-refractivity contribution is 0.425. The van der Waals surface area contributed by atoms with Crippen LogP contribution in [0.15, 0.2) is 62.8 Å². The zero-order chi connectivity index (χ0) is 20.8. The highest BCUT2D eigenvalue weighted by Crippen LogP contribution is 2.31. The molecule has 4 heteroatoms. The van der Waals surface area contributed by atoms with Crippen LogP contribution in [0, 0.1) is 13.8 Å². The Labute approximate surface area is 167 Å². The summed E-state index contributed by atoms with van der Waals surface area (Å²) in [5, 5.41) is 19.5. The van der Waals surface area contributed by atoms with Gasteiger partial charge in [0.05, 0.1) is 5.69 Å². The fourth-order valence-electron chi connectivity index (χ4n) is 3.33. The van der Waals surface area contributed by atoms with Crippen LogP contribution in [0.2, 0.25) is 0 Å². The molecule has 1 heterocycles. The van der Waals surface area contributed by atoms with Crippen LogP contribution in [-0.2, 0) is 0 Å². The van der Waals surface area contributed by atoms with Gasteiger partial charge in [-0.2, -0.15) is 0 Å². The van der Waals surface area contributed by atoms with Gasteiger partial charge in [0, 0.05) is 17.0 Å². The molecule has 3 nitrogen and oxygen atoms in total. The predicted molar refractivity (Wildman–Crippen MR) is 124 cm³/mol. The summed E-state index contributed by atoms with van der Waals surface area (Å²) < 4.78 is 2.13. The molecule has 0 bridgehead atoms. The van der Waals surface area contributed by atoms with E-state index in [0.29, 0.717) is 11.0 Å². The van der Waals surface area contributed by atoms with Crippen molar-refractivity contribution >= 4 is 36.9 Å². The first-order valence-electron chi connectivity index (χ1n) is 9.01. The smallest absolute Gasteiger partial charge is 0.423 e. The number of nitrogens with zero attached hydrogens (tertiary/aromatic N) is 1. The third-order valence-electron chi connectivity index (χ3n) is 4.82. The van der Waals surface area contributed by atoms with E-state index in [0.717, 1.165) is 33.8 Å². The highest BCUT2D eigenvalue weighted by Gasteiger charge is 2.22. The SMILES string of the molecule is C=C/C=C\c1c(C)c(C)c(/C=C\C=C)n1-c1ccc(B(O)O)c(C=C)c1C=C. The summed E-state index contributed by atoms with van der Waals surface area (Å²) >= 11 is 0.